The summed E-state index contributed by atoms with van der Waals surface area (Å²) in [5.74, 6) is -3.22. The quantitative estimate of drug-likeness (QED) is 0.102. The van der Waals surface area contributed by atoms with Crippen LogP contribution >= 0.6 is 0 Å². The first-order valence-corrected chi connectivity index (χ1v) is 18.4. The molecule has 7 rings (SSSR count). The zero-order chi connectivity index (χ0) is 37.2. The lowest BCUT2D eigenvalue weighted by Crippen LogP contribution is -2.70. The normalized spacial score (nSPS) is 25.4. The predicted octanol–water partition coefficient (Wildman–Crippen LogP) is 7.46. The van der Waals surface area contributed by atoms with Gasteiger partial charge < -0.3 is 28.4 Å². The number of hydrogen-bond acceptors (Lipinski definition) is 9. The standard InChI is InChI=1S/C45H47NO8/c1-46-40(37-26-16-7-17-27-37)39(44(47)48-2)45(54-46)43(52-31-36-24-14-6-15-25-36)42(51-30-35-22-12-5-13-23-35)41(50-29-34-20-10-4-11-21-34)38(53-45)32-49-28-33-18-8-3-9-19-33/h3-27,38-43H,28-32H2,1-2H3/t38-,39+,40-,41-,42+,43-,45-/m1/s1. The Morgan fingerprint density at radius 3 is 1.56 bits per heavy atom. The molecule has 2 heterocycles. The van der Waals surface area contributed by atoms with Crippen molar-refractivity contribution in [3.8, 4) is 0 Å². The summed E-state index contributed by atoms with van der Waals surface area (Å²) in [6.07, 6.45) is -3.25. The maximum absolute atomic E-state index is 14.3. The molecule has 0 N–H and O–H groups in total. The molecule has 0 radical (unpaired) electrons. The van der Waals surface area contributed by atoms with Crippen molar-refractivity contribution >= 4 is 5.97 Å². The summed E-state index contributed by atoms with van der Waals surface area (Å²) >= 11 is 0. The molecule has 1 spiro atoms. The summed E-state index contributed by atoms with van der Waals surface area (Å²) in [5, 5.41) is 1.68. The summed E-state index contributed by atoms with van der Waals surface area (Å²) in [5.41, 5.74) is 4.76. The fraction of sp³-hybridized carbons (Fsp3) is 0.311. The Morgan fingerprint density at radius 2 is 1.06 bits per heavy atom. The van der Waals surface area contributed by atoms with Gasteiger partial charge in [-0.05, 0) is 27.8 Å². The Kier molecular flexibility index (Phi) is 12.6. The van der Waals surface area contributed by atoms with Crippen molar-refractivity contribution in [3.63, 3.8) is 0 Å². The second-order valence-electron chi connectivity index (χ2n) is 13.6. The molecule has 9 heteroatoms. The molecule has 5 aromatic carbocycles. The topological polar surface area (TPSA) is 84.9 Å². The molecule has 0 aliphatic carbocycles. The van der Waals surface area contributed by atoms with Crippen LogP contribution < -0.4 is 0 Å². The third kappa shape index (κ3) is 8.64. The molecule has 0 unspecified atom stereocenters. The number of ether oxygens (including phenoxy) is 6. The minimum atomic E-state index is -1.72. The largest absolute Gasteiger partial charge is 0.469 e. The van der Waals surface area contributed by atoms with Crippen LogP contribution in [0.15, 0.2) is 152 Å². The lowest BCUT2D eigenvalue weighted by atomic mass is 9.79. The summed E-state index contributed by atoms with van der Waals surface area (Å²) in [4.78, 5) is 21.1. The summed E-state index contributed by atoms with van der Waals surface area (Å²) in [6, 6.07) is 48.9. The SMILES string of the molecule is COC(=O)[C@@H]1[C@@H](c2ccccc2)N(C)O[C@]12O[C@H](COCc1ccccc1)[C@@H](OCc1ccccc1)[C@H](OCc1ccccc1)[C@H]2OCc1ccccc1. The van der Waals surface area contributed by atoms with Crippen molar-refractivity contribution in [2.45, 2.75) is 62.7 Å². The van der Waals surface area contributed by atoms with Crippen LogP contribution in [0.1, 0.15) is 33.9 Å². The highest BCUT2D eigenvalue weighted by atomic mass is 16.8. The van der Waals surface area contributed by atoms with Crippen molar-refractivity contribution in [2.24, 2.45) is 5.92 Å². The van der Waals surface area contributed by atoms with E-state index in [9.17, 15) is 4.79 Å². The minimum Gasteiger partial charge on any atom is -0.469 e. The molecule has 0 amide bonds. The first-order valence-electron chi connectivity index (χ1n) is 18.4. The van der Waals surface area contributed by atoms with Crippen LogP contribution in [0.25, 0.3) is 0 Å². The average Bonchev–Trinajstić information content (AvgIpc) is 3.52. The molecule has 7 atom stereocenters. The van der Waals surface area contributed by atoms with Crippen molar-refractivity contribution in [1.29, 1.82) is 0 Å². The second kappa shape index (κ2) is 18.1. The van der Waals surface area contributed by atoms with Crippen LogP contribution in [0.3, 0.4) is 0 Å². The number of carbonyl (C=O) groups is 1. The van der Waals surface area contributed by atoms with Crippen LogP contribution in [0.5, 0.6) is 0 Å². The van der Waals surface area contributed by atoms with Gasteiger partial charge in [-0.15, -0.1) is 0 Å². The average molecular weight is 730 g/mol. The monoisotopic (exact) mass is 729 g/mol. The van der Waals surface area contributed by atoms with E-state index in [-0.39, 0.29) is 26.4 Å². The fourth-order valence-corrected chi connectivity index (χ4v) is 7.43. The molecule has 2 aliphatic rings. The molecule has 0 saturated carbocycles. The third-order valence-corrected chi connectivity index (χ3v) is 9.98. The molecule has 9 nitrogen and oxygen atoms in total. The number of methoxy groups -OCH3 is 1. The summed E-state index contributed by atoms with van der Waals surface area (Å²) in [6.45, 7) is 1.18. The zero-order valence-corrected chi connectivity index (χ0v) is 30.6. The molecule has 54 heavy (non-hydrogen) atoms. The highest BCUT2D eigenvalue weighted by Gasteiger charge is 2.70. The van der Waals surface area contributed by atoms with Crippen LogP contribution in [0.2, 0.25) is 0 Å². The molecule has 2 saturated heterocycles. The maximum Gasteiger partial charge on any atom is 0.316 e. The van der Waals surface area contributed by atoms with Gasteiger partial charge in [0.25, 0.3) is 0 Å². The van der Waals surface area contributed by atoms with E-state index < -0.39 is 48.1 Å². The van der Waals surface area contributed by atoms with Gasteiger partial charge in [-0.2, -0.15) is 5.06 Å². The fourth-order valence-electron chi connectivity index (χ4n) is 7.43. The van der Waals surface area contributed by atoms with Crippen LogP contribution in [-0.2, 0) is 64.5 Å². The van der Waals surface area contributed by atoms with Crippen molar-refractivity contribution in [3.05, 3.63) is 179 Å². The first kappa shape index (κ1) is 37.6. The number of hydroxylamine groups is 2. The zero-order valence-electron chi connectivity index (χ0n) is 30.6. The lowest BCUT2D eigenvalue weighted by Gasteiger charge is -2.51. The van der Waals surface area contributed by atoms with E-state index >= 15 is 0 Å². The predicted molar refractivity (Wildman–Crippen MR) is 202 cm³/mol. The smallest absolute Gasteiger partial charge is 0.316 e. The number of benzene rings is 5. The van der Waals surface area contributed by atoms with E-state index in [1.165, 1.54) is 7.11 Å². The molecular weight excluding hydrogens is 682 g/mol. The number of rotatable bonds is 15. The van der Waals surface area contributed by atoms with Crippen LogP contribution in [0, 0.1) is 5.92 Å². The Labute approximate surface area is 317 Å². The number of nitrogens with zero attached hydrogens (tertiary/aromatic N) is 1. The van der Waals surface area contributed by atoms with E-state index in [4.69, 9.17) is 33.3 Å². The number of carbonyl (C=O) groups excluding carboxylic acids is 1. The molecule has 2 fully saturated rings. The second-order valence-corrected chi connectivity index (χ2v) is 13.6. The Morgan fingerprint density at radius 1 is 0.611 bits per heavy atom. The van der Waals surface area contributed by atoms with E-state index in [2.05, 4.69) is 0 Å². The van der Waals surface area contributed by atoms with Crippen LogP contribution in [0.4, 0.5) is 0 Å². The molecule has 5 aromatic rings. The van der Waals surface area contributed by atoms with Crippen molar-refractivity contribution < 1.29 is 38.1 Å². The highest BCUT2D eigenvalue weighted by Crippen LogP contribution is 2.53. The van der Waals surface area contributed by atoms with E-state index in [1.807, 2.05) is 152 Å². The van der Waals surface area contributed by atoms with Gasteiger partial charge in [-0.25, -0.2) is 0 Å². The molecular formula is C45H47NO8. The Bertz CT molecular complexity index is 1870. The minimum absolute atomic E-state index is 0.115. The maximum atomic E-state index is 14.3. The van der Waals surface area contributed by atoms with Crippen molar-refractivity contribution in [2.75, 3.05) is 20.8 Å². The van der Waals surface area contributed by atoms with Gasteiger partial charge in [0, 0.05) is 7.05 Å². The van der Waals surface area contributed by atoms with Gasteiger partial charge in [-0.1, -0.05) is 152 Å². The van der Waals surface area contributed by atoms with E-state index in [0.717, 1.165) is 27.8 Å². The Hall–Kier alpha value is -4.71. The number of esters is 1. The molecule has 2 aliphatic heterocycles. The summed E-state index contributed by atoms with van der Waals surface area (Å²) < 4.78 is 39.9. The van der Waals surface area contributed by atoms with Crippen molar-refractivity contribution in [1.82, 2.24) is 5.06 Å². The molecule has 280 valence electrons. The van der Waals surface area contributed by atoms with Gasteiger partial charge in [0.05, 0.1) is 46.2 Å². The van der Waals surface area contributed by atoms with Crippen LogP contribution in [-0.4, -0.2) is 62.0 Å². The summed E-state index contributed by atoms with van der Waals surface area (Å²) in [7, 11) is 3.19. The first-order chi connectivity index (χ1) is 26.6. The van der Waals surface area contributed by atoms with Gasteiger partial charge in [-0.3, -0.25) is 9.63 Å². The molecule has 0 aromatic heterocycles. The van der Waals surface area contributed by atoms with E-state index in [1.54, 1.807) is 12.1 Å². The highest BCUT2D eigenvalue weighted by molar-refractivity contribution is 5.75. The molecule has 0 bridgehead atoms. The van der Waals surface area contributed by atoms with Gasteiger partial charge in [0.2, 0.25) is 5.79 Å². The Balaban J connectivity index is 1.33. The van der Waals surface area contributed by atoms with Gasteiger partial charge in [0.1, 0.15) is 30.3 Å². The van der Waals surface area contributed by atoms with Gasteiger partial charge >= 0.3 is 5.97 Å². The number of hydrogen-bond donors (Lipinski definition) is 0. The third-order valence-electron chi connectivity index (χ3n) is 9.98. The lowest BCUT2D eigenvalue weighted by molar-refractivity contribution is -0.411. The van der Waals surface area contributed by atoms with Gasteiger partial charge in [0.15, 0.2) is 0 Å². The van der Waals surface area contributed by atoms with E-state index in [0.29, 0.717) is 6.61 Å².